The van der Waals surface area contributed by atoms with Crippen LogP contribution in [-0.2, 0) is 0 Å². The van der Waals surface area contributed by atoms with Gasteiger partial charge in [0, 0.05) is 0 Å². The first-order valence-electron chi connectivity index (χ1n) is 4.34. The molecule has 2 aliphatic rings. The van der Waals surface area contributed by atoms with Gasteiger partial charge in [-0.15, -0.1) is 0 Å². The second kappa shape index (κ2) is 2.49. The maximum absolute atomic E-state index is 10.1. The quantitative estimate of drug-likeness (QED) is 0.567. The van der Waals surface area contributed by atoms with Gasteiger partial charge in [0.15, 0.2) is 0 Å². The fourth-order valence-corrected chi connectivity index (χ4v) is 2.05. The van der Waals surface area contributed by atoms with Gasteiger partial charge in [0.2, 0.25) is 0 Å². The van der Waals surface area contributed by atoms with Crippen LogP contribution in [0.15, 0.2) is 24.3 Å². The van der Waals surface area contributed by atoms with Crippen LogP contribution in [-0.4, -0.2) is 10.7 Å². The standard InChI is InChI=1S/C10H14O/c11-10(7-3-4-8-10)9-5-1-2-6-9/h1-4,9,11H,5-8H2. The molecular weight excluding hydrogens is 136 g/mol. The summed E-state index contributed by atoms with van der Waals surface area (Å²) in [5.41, 5.74) is -0.399. The average Bonchev–Trinajstić information content (AvgIpc) is 2.55. The Labute approximate surface area is 67.4 Å². The van der Waals surface area contributed by atoms with E-state index in [4.69, 9.17) is 0 Å². The molecule has 0 heterocycles. The van der Waals surface area contributed by atoms with Gasteiger partial charge in [0.05, 0.1) is 5.60 Å². The molecule has 0 bridgehead atoms. The largest absolute Gasteiger partial charge is 0.389 e. The third kappa shape index (κ3) is 1.14. The third-order valence-electron chi connectivity index (χ3n) is 2.88. The molecule has 0 radical (unpaired) electrons. The minimum atomic E-state index is -0.399. The first-order chi connectivity index (χ1) is 5.31. The van der Waals surface area contributed by atoms with Crippen molar-refractivity contribution in [1.29, 1.82) is 0 Å². The van der Waals surface area contributed by atoms with E-state index in [0.29, 0.717) is 5.92 Å². The van der Waals surface area contributed by atoms with Crippen molar-refractivity contribution in [3.63, 3.8) is 0 Å². The lowest BCUT2D eigenvalue weighted by molar-refractivity contribution is -0.00182. The summed E-state index contributed by atoms with van der Waals surface area (Å²) in [6, 6.07) is 0. The molecule has 0 aliphatic heterocycles. The van der Waals surface area contributed by atoms with Gasteiger partial charge in [-0.25, -0.2) is 0 Å². The highest BCUT2D eigenvalue weighted by molar-refractivity contribution is 5.11. The molecule has 1 N–H and O–H groups in total. The van der Waals surface area contributed by atoms with Crippen LogP contribution in [0.25, 0.3) is 0 Å². The Bertz CT molecular complexity index is 187. The number of hydrogen-bond acceptors (Lipinski definition) is 1. The molecule has 0 atom stereocenters. The molecule has 0 unspecified atom stereocenters. The second-order valence-electron chi connectivity index (χ2n) is 3.62. The van der Waals surface area contributed by atoms with Gasteiger partial charge in [-0.1, -0.05) is 24.3 Å². The first-order valence-corrected chi connectivity index (χ1v) is 4.34. The van der Waals surface area contributed by atoms with Crippen molar-refractivity contribution in [1.82, 2.24) is 0 Å². The Morgan fingerprint density at radius 1 is 1.00 bits per heavy atom. The third-order valence-corrected chi connectivity index (χ3v) is 2.88. The molecule has 0 aromatic rings. The van der Waals surface area contributed by atoms with Crippen LogP contribution < -0.4 is 0 Å². The zero-order chi connectivity index (χ0) is 7.73. The average molecular weight is 150 g/mol. The van der Waals surface area contributed by atoms with Crippen molar-refractivity contribution in [2.45, 2.75) is 31.3 Å². The Morgan fingerprint density at radius 3 is 2.09 bits per heavy atom. The fourth-order valence-electron chi connectivity index (χ4n) is 2.05. The molecule has 0 fully saturated rings. The van der Waals surface area contributed by atoms with Crippen molar-refractivity contribution >= 4 is 0 Å². The van der Waals surface area contributed by atoms with E-state index >= 15 is 0 Å². The number of aliphatic hydroxyl groups is 1. The predicted molar refractivity (Wildman–Crippen MR) is 45.2 cm³/mol. The van der Waals surface area contributed by atoms with Gasteiger partial charge >= 0.3 is 0 Å². The zero-order valence-corrected chi connectivity index (χ0v) is 6.66. The number of allylic oxidation sites excluding steroid dienone is 2. The molecule has 0 aromatic heterocycles. The summed E-state index contributed by atoms with van der Waals surface area (Å²) in [4.78, 5) is 0. The van der Waals surface area contributed by atoms with Gasteiger partial charge in [-0.2, -0.15) is 0 Å². The Kier molecular flexibility index (Phi) is 1.61. The molecular formula is C10H14O. The summed E-state index contributed by atoms with van der Waals surface area (Å²) in [6.07, 6.45) is 12.4. The zero-order valence-electron chi connectivity index (χ0n) is 6.66. The Morgan fingerprint density at radius 2 is 1.55 bits per heavy atom. The van der Waals surface area contributed by atoms with E-state index in [0.717, 1.165) is 25.7 Å². The second-order valence-corrected chi connectivity index (χ2v) is 3.62. The molecule has 0 spiro atoms. The van der Waals surface area contributed by atoms with Crippen LogP contribution in [0.4, 0.5) is 0 Å². The number of hydrogen-bond donors (Lipinski definition) is 1. The van der Waals surface area contributed by atoms with E-state index in [1.54, 1.807) is 0 Å². The van der Waals surface area contributed by atoms with Crippen molar-refractivity contribution in [2.24, 2.45) is 5.92 Å². The summed E-state index contributed by atoms with van der Waals surface area (Å²) in [7, 11) is 0. The highest BCUT2D eigenvalue weighted by Crippen LogP contribution is 2.38. The van der Waals surface area contributed by atoms with Crippen molar-refractivity contribution in [3.05, 3.63) is 24.3 Å². The predicted octanol–water partition coefficient (Wildman–Crippen LogP) is 2.03. The molecule has 0 saturated carbocycles. The minimum Gasteiger partial charge on any atom is -0.389 e. The maximum Gasteiger partial charge on any atom is 0.0750 e. The molecule has 0 aromatic carbocycles. The van der Waals surface area contributed by atoms with Gasteiger partial charge in [0.25, 0.3) is 0 Å². The van der Waals surface area contributed by atoms with Gasteiger partial charge in [-0.3, -0.25) is 0 Å². The summed E-state index contributed by atoms with van der Waals surface area (Å²) in [5.74, 6) is 0.484. The monoisotopic (exact) mass is 150 g/mol. The van der Waals surface area contributed by atoms with Crippen molar-refractivity contribution < 1.29 is 5.11 Å². The molecule has 60 valence electrons. The molecule has 2 rings (SSSR count). The van der Waals surface area contributed by atoms with E-state index in [-0.39, 0.29) is 0 Å². The molecule has 1 heteroatoms. The normalized spacial score (nSPS) is 28.5. The van der Waals surface area contributed by atoms with Crippen LogP contribution in [0.1, 0.15) is 25.7 Å². The van der Waals surface area contributed by atoms with E-state index in [2.05, 4.69) is 24.3 Å². The van der Waals surface area contributed by atoms with E-state index in [1.807, 2.05) is 0 Å². The molecule has 1 nitrogen and oxygen atoms in total. The van der Waals surface area contributed by atoms with E-state index < -0.39 is 5.60 Å². The summed E-state index contributed by atoms with van der Waals surface area (Å²) >= 11 is 0. The first kappa shape index (κ1) is 7.11. The molecule has 2 aliphatic carbocycles. The number of rotatable bonds is 1. The van der Waals surface area contributed by atoms with Crippen molar-refractivity contribution in [2.75, 3.05) is 0 Å². The van der Waals surface area contributed by atoms with Crippen LogP contribution in [0, 0.1) is 5.92 Å². The van der Waals surface area contributed by atoms with Crippen molar-refractivity contribution in [3.8, 4) is 0 Å². The lowest BCUT2D eigenvalue weighted by Crippen LogP contribution is -2.33. The molecule has 11 heavy (non-hydrogen) atoms. The van der Waals surface area contributed by atoms with Gasteiger partial charge in [0.1, 0.15) is 0 Å². The van der Waals surface area contributed by atoms with E-state index in [1.165, 1.54) is 0 Å². The van der Waals surface area contributed by atoms with Gasteiger partial charge in [-0.05, 0) is 31.6 Å². The van der Waals surface area contributed by atoms with Crippen LogP contribution >= 0.6 is 0 Å². The molecule has 0 saturated heterocycles. The van der Waals surface area contributed by atoms with Gasteiger partial charge < -0.3 is 5.11 Å². The topological polar surface area (TPSA) is 20.2 Å². The van der Waals surface area contributed by atoms with Crippen LogP contribution in [0.3, 0.4) is 0 Å². The fraction of sp³-hybridized carbons (Fsp3) is 0.600. The summed E-state index contributed by atoms with van der Waals surface area (Å²) in [6.45, 7) is 0. The highest BCUT2D eigenvalue weighted by atomic mass is 16.3. The Hall–Kier alpha value is -0.560. The summed E-state index contributed by atoms with van der Waals surface area (Å²) in [5, 5.41) is 10.1. The lowest BCUT2D eigenvalue weighted by atomic mass is 9.84. The smallest absolute Gasteiger partial charge is 0.0750 e. The van der Waals surface area contributed by atoms with E-state index in [9.17, 15) is 5.11 Å². The minimum absolute atomic E-state index is 0.399. The van der Waals surface area contributed by atoms with Crippen LogP contribution in [0.2, 0.25) is 0 Å². The Balaban J connectivity index is 2.03. The molecule has 0 amide bonds. The highest BCUT2D eigenvalue weighted by Gasteiger charge is 2.36. The summed E-state index contributed by atoms with van der Waals surface area (Å²) < 4.78 is 0. The SMILES string of the molecule is OC1(C2CC=CC2)CC=CC1. The lowest BCUT2D eigenvalue weighted by Gasteiger charge is -2.29. The maximum atomic E-state index is 10.1. The van der Waals surface area contributed by atoms with Crippen LogP contribution in [0.5, 0.6) is 0 Å².